The van der Waals surface area contributed by atoms with Crippen LogP contribution in [-0.4, -0.2) is 24.5 Å². The van der Waals surface area contributed by atoms with E-state index in [9.17, 15) is 0 Å². The SMILES string of the molecule is CCN(CC)[C@@H](CN)c1ccccc1Br. The molecule has 0 aliphatic carbocycles. The molecule has 2 nitrogen and oxygen atoms in total. The van der Waals surface area contributed by atoms with Gasteiger partial charge in [0.15, 0.2) is 0 Å². The van der Waals surface area contributed by atoms with Crippen molar-refractivity contribution < 1.29 is 0 Å². The Morgan fingerprint density at radius 3 is 2.33 bits per heavy atom. The van der Waals surface area contributed by atoms with Gasteiger partial charge < -0.3 is 5.73 Å². The van der Waals surface area contributed by atoms with Crippen molar-refractivity contribution in [3.05, 3.63) is 34.3 Å². The number of halogens is 1. The molecule has 2 N–H and O–H groups in total. The molecule has 0 saturated heterocycles. The van der Waals surface area contributed by atoms with Crippen LogP contribution in [0.2, 0.25) is 0 Å². The van der Waals surface area contributed by atoms with Gasteiger partial charge in [0, 0.05) is 17.1 Å². The van der Waals surface area contributed by atoms with Gasteiger partial charge in [0.1, 0.15) is 0 Å². The number of likely N-dealkylation sites (N-methyl/N-ethyl adjacent to an activating group) is 1. The van der Waals surface area contributed by atoms with E-state index in [0.717, 1.165) is 17.6 Å². The second-order valence-electron chi connectivity index (χ2n) is 3.49. The second kappa shape index (κ2) is 6.26. The van der Waals surface area contributed by atoms with E-state index in [2.05, 4.69) is 52.9 Å². The van der Waals surface area contributed by atoms with Crippen molar-refractivity contribution in [1.82, 2.24) is 4.90 Å². The monoisotopic (exact) mass is 270 g/mol. The van der Waals surface area contributed by atoms with Crippen LogP contribution in [0.25, 0.3) is 0 Å². The molecule has 0 heterocycles. The third-order valence-electron chi connectivity index (χ3n) is 2.74. The zero-order valence-corrected chi connectivity index (χ0v) is 11.0. The van der Waals surface area contributed by atoms with E-state index in [1.165, 1.54) is 5.56 Å². The van der Waals surface area contributed by atoms with Crippen molar-refractivity contribution in [3.63, 3.8) is 0 Å². The molecule has 0 radical (unpaired) electrons. The zero-order valence-electron chi connectivity index (χ0n) is 9.41. The van der Waals surface area contributed by atoms with Gasteiger partial charge in [-0.1, -0.05) is 48.0 Å². The van der Waals surface area contributed by atoms with Gasteiger partial charge in [0.05, 0.1) is 0 Å². The van der Waals surface area contributed by atoms with Crippen LogP contribution in [0, 0.1) is 0 Å². The minimum absolute atomic E-state index is 0.315. The van der Waals surface area contributed by atoms with Crippen LogP contribution in [0.15, 0.2) is 28.7 Å². The molecule has 0 bridgehead atoms. The van der Waals surface area contributed by atoms with E-state index in [1.54, 1.807) is 0 Å². The molecule has 3 heteroatoms. The smallest absolute Gasteiger partial charge is 0.0481 e. The Morgan fingerprint density at radius 1 is 1.27 bits per heavy atom. The number of benzene rings is 1. The molecular weight excluding hydrogens is 252 g/mol. The lowest BCUT2D eigenvalue weighted by Gasteiger charge is -2.29. The average Bonchev–Trinajstić information content (AvgIpc) is 2.27. The summed E-state index contributed by atoms with van der Waals surface area (Å²) >= 11 is 3.58. The molecule has 1 aromatic carbocycles. The topological polar surface area (TPSA) is 29.3 Å². The summed E-state index contributed by atoms with van der Waals surface area (Å²) in [6.45, 7) is 7.05. The maximum absolute atomic E-state index is 5.86. The molecule has 0 saturated carbocycles. The maximum Gasteiger partial charge on any atom is 0.0481 e. The first kappa shape index (κ1) is 12.7. The van der Waals surface area contributed by atoms with Gasteiger partial charge in [-0.05, 0) is 24.7 Å². The lowest BCUT2D eigenvalue weighted by atomic mass is 10.1. The zero-order chi connectivity index (χ0) is 11.3. The van der Waals surface area contributed by atoms with E-state index in [4.69, 9.17) is 5.73 Å². The molecule has 84 valence electrons. The molecule has 0 aliphatic rings. The summed E-state index contributed by atoms with van der Waals surface area (Å²) < 4.78 is 1.15. The highest BCUT2D eigenvalue weighted by atomic mass is 79.9. The van der Waals surface area contributed by atoms with Gasteiger partial charge in [0.2, 0.25) is 0 Å². The van der Waals surface area contributed by atoms with Crippen LogP contribution in [0.4, 0.5) is 0 Å². The Hall–Kier alpha value is -0.380. The largest absolute Gasteiger partial charge is 0.329 e. The van der Waals surface area contributed by atoms with E-state index in [1.807, 2.05) is 6.07 Å². The molecule has 1 aromatic rings. The van der Waals surface area contributed by atoms with E-state index < -0.39 is 0 Å². The van der Waals surface area contributed by atoms with Crippen molar-refractivity contribution in [2.45, 2.75) is 19.9 Å². The van der Waals surface area contributed by atoms with Gasteiger partial charge >= 0.3 is 0 Å². The van der Waals surface area contributed by atoms with E-state index >= 15 is 0 Å². The molecule has 0 aliphatic heterocycles. The number of nitrogens with two attached hydrogens (primary N) is 1. The van der Waals surface area contributed by atoms with E-state index in [-0.39, 0.29) is 0 Å². The fourth-order valence-electron chi connectivity index (χ4n) is 1.88. The number of hydrogen-bond acceptors (Lipinski definition) is 2. The summed E-state index contributed by atoms with van der Waals surface area (Å²) in [7, 11) is 0. The van der Waals surface area contributed by atoms with Crippen molar-refractivity contribution in [1.29, 1.82) is 0 Å². The molecule has 0 unspecified atom stereocenters. The second-order valence-corrected chi connectivity index (χ2v) is 4.35. The minimum Gasteiger partial charge on any atom is -0.329 e. The molecule has 0 fully saturated rings. The Balaban J connectivity index is 2.96. The molecule has 1 rings (SSSR count). The number of rotatable bonds is 5. The summed E-state index contributed by atoms with van der Waals surface area (Å²) in [6, 6.07) is 8.62. The predicted octanol–water partition coefficient (Wildman–Crippen LogP) is 2.79. The molecular formula is C12H19BrN2. The highest BCUT2D eigenvalue weighted by Gasteiger charge is 2.17. The van der Waals surface area contributed by atoms with Gasteiger partial charge in [-0.15, -0.1) is 0 Å². The predicted molar refractivity (Wildman–Crippen MR) is 68.9 cm³/mol. The fraction of sp³-hybridized carbons (Fsp3) is 0.500. The molecule has 1 atom stereocenters. The highest BCUT2D eigenvalue weighted by molar-refractivity contribution is 9.10. The third-order valence-corrected chi connectivity index (χ3v) is 3.46. The van der Waals surface area contributed by atoms with Crippen LogP contribution in [-0.2, 0) is 0 Å². The van der Waals surface area contributed by atoms with Gasteiger partial charge in [0.25, 0.3) is 0 Å². The average molecular weight is 271 g/mol. The van der Waals surface area contributed by atoms with Crippen LogP contribution in [0.3, 0.4) is 0 Å². The Bertz CT molecular complexity index is 297. The molecule has 0 amide bonds. The summed E-state index contributed by atoms with van der Waals surface area (Å²) in [5, 5.41) is 0. The van der Waals surface area contributed by atoms with Crippen LogP contribution >= 0.6 is 15.9 Å². The van der Waals surface area contributed by atoms with Gasteiger partial charge in [-0.2, -0.15) is 0 Å². The Kier molecular flexibility index (Phi) is 5.29. The quantitative estimate of drug-likeness (QED) is 0.892. The van der Waals surface area contributed by atoms with Crippen molar-refractivity contribution in [2.75, 3.05) is 19.6 Å². The summed E-state index contributed by atoms with van der Waals surface area (Å²) in [4.78, 5) is 2.38. The summed E-state index contributed by atoms with van der Waals surface area (Å²) in [5.41, 5.74) is 7.14. The van der Waals surface area contributed by atoms with Crippen molar-refractivity contribution in [3.8, 4) is 0 Å². The van der Waals surface area contributed by atoms with Crippen LogP contribution < -0.4 is 5.73 Å². The number of hydrogen-bond donors (Lipinski definition) is 1. The lowest BCUT2D eigenvalue weighted by Crippen LogP contribution is -2.33. The molecule has 0 aromatic heterocycles. The first-order valence-electron chi connectivity index (χ1n) is 5.43. The lowest BCUT2D eigenvalue weighted by molar-refractivity contribution is 0.223. The van der Waals surface area contributed by atoms with Crippen molar-refractivity contribution >= 4 is 15.9 Å². The molecule has 0 spiro atoms. The van der Waals surface area contributed by atoms with Gasteiger partial charge in [-0.25, -0.2) is 0 Å². The Labute approximate surface area is 101 Å². The molecule has 15 heavy (non-hydrogen) atoms. The third kappa shape index (κ3) is 3.03. The summed E-state index contributed by atoms with van der Waals surface area (Å²) in [5.74, 6) is 0. The normalized spacial score (nSPS) is 13.1. The number of nitrogens with zero attached hydrogens (tertiary/aromatic N) is 1. The highest BCUT2D eigenvalue weighted by Crippen LogP contribution is 2.26. The van der Waals surface area contributed by atoms with E-state index in [0.29, 0.717) is 12.6 Å². The first-order chi connectivity index (χ1) is 7.24. The fourth-order valence-corrected chi connectivity index (χ4v) is 2.43. The van der Waals surface area contributed by atoms with Crippen LogP contribution in [0.5, 0.6) is 0 Å². The van der Waals surface area contributed by atoms with Crippen LogP contribution in [0.1, 0.15) is 25.5 Å². The maximum atomic E-state index is 5.86. The minimum atomic E-state index is 0.315. The summed E-state index contributed by atoms with van der Waals surface area (Å²) in [6.07, 6.45) is 0. The first-order valence-corrected chi connectivity index (χ1v) is 6.22. The standard InChI is InChI=1S/C12H19BrN2/c1-3-15(4-2)12(9-14)10-7-5-6-8-11(10)13/h5-8,12H,3-4,9,14H2,1-2H3/t12-/m0/s1. The van der Waals surface area contributed by atoms with Crippen molar-refractivity contribution in [2.24, 2.45) is 5.73 Å². The van der Waals surface area contributed by atoms with Gasteiger partial charge in [-0.3, -0.25) is 4.90 Å². The Morgan fingerprint density at radius 2 is 1.87 bits per heavy atom.